The van der Waals surface area contributed by atoms with Gasteiger partial charge in [0.15, 0.2) is 0 Å². The number of rotatable bonds is 13. The average Bonchev–Trinajstić information content (AvgIpc) is 3.56. The van der Waals surface area contributed by atoms with Crippen LogP contribution in [0.25, 0.3) is 0 Å². The van der Waals surface area contributed by atoms with Gasteiger partial charge in [-0.05, 0) is 74.4 Å². The molecule has 0 saturated carbocycles. The highest BCUT2D eigenvalue weighted by atomic mass is 33.1. The maximum Gasteiger partial charge on any atom is 0.326 e. The first-order chi connectivity index (χ1) is 17.4. The largest absolute Gasteiger partial charge is 0.480 e. The molecule has 2 aliphatic rings. The number of aromatic nitrogens is 1. The molecule has 4 N–H and O–H groups in total. The van der Waals surface area contributed by atoms with Gasteiger partial charge in [0.1, 0.15) is 23.2 Å². The Morgan fingerprint density at radius 2 is 1.86 bits per heavy atom. The molecule has 0 spiro atoms. The summed E-state index contributed by atoms with van der Waals surface area (Å²) in [6, 6.07) is 3.39. The van der Waals surface area contributed by atoms with Crippen LogP contribution in [0.15, 0.2) is 29.4 Å². The lowest BCUT2D eigenvalue weighted by Gasteiger charge is -2.31. The smallest absolute Gasteiger partial charge is 0.326 e. The quantitative estimate of drug-likeness (QED) is 0.254. The molecule has 198 valence electrons. The van der Waals surface area contributed by atoms with Gasteiger partial charge in [0.2, 0.25) is 17.7 Å². The van der Waals surface area contributed by atoms with Crippen LogP contribution in [0.5, 0.6) is 0 Å². The Morgan fingerprint density at radius 1 is 1.11 bits per heavy atom. The van der Waals surface area contributed by atoms with Crippen molar-refractivity contribution in [2.24, 2.45) is 5.73 Å². The summed E-state index contributed by atoms with van der Waals surface area (Å²) in [5, 5.41) is 13.0. The Bertz CT molecular complexity index is 906. The van der Waals surface area contributed by atoms with Crippen molar-refractivity contribution in [1.29, 1.82) is 0 Å². The van der Waals surface area contributed by atoms with Crippen LogP contribution in [0.2, 0.25) is 0 Å². The molecule has 0 radical (unpaired) electrons. The van der Waals surface area contributed by atoms with E-state index in [1.54, 1.807) is 21.9 Å². The fourth-order valence-electron chi connectivity index (χ4n) is 4.61. The molecular formula is C24H35N5O5S2. The average molecular weight is 538 g/mol. The van der Waals surface area contributed by atoms with E-state index in [9.17, 15) is 24.3 Å². The standard InChI is InChI=1S/C24H35N5O5S2/c25-12-3-1-7-17(24(33)34)27-22(31)18-8-5-15-29(18)23(32)19-9-6-14-28(19)21(30)11-16-35-36-20-10-2-4-13-26-20/h2,4,10,13,17-19H,1,3,5-9,11-12,14-16,25H2,(H,27,31)(H,33,34). The van der Waals surface area contributed by atoms with Gasteiger partial charge in [-0.15, -0.1) is 0 Å². The summed E-state index contributed by atoms with van der Waals surface area (Å²) in [5.74, 6) is -1.22. The highest BCUT2D eigenvalue weighted by Crippen LogP contribution is 2.30. The maximum absolute atomic E-state index is 13.4. The van der Waals surface area contributed by atoms with E-state index in [1.807, 2.05) is 18.2 Å². The summed E-state index contributed by atoms with van der Waals surface area (Å²) >= 11 is 0. The van der Waals surface area contributed by atoms with Crippen molar-refractivity contribution in [3.8, 4) is 0 Å². The van der Waals surface area contributed by atoms with Gasteiger partial charge in [-0.1, -0.05) is 16.9 Å². The molecule has 10 nitrogen and oxygen atoms in total. The second-order valence-corrected chi connectivity index (χ2v) is 11.4. The highest BCUT2D eigenvalue weighted by Gasteiger charge is 2.42. The van der Waals surface area contributed by atoms with E-state index >= 15 is 0 Å². The van der Waals surface area contributed by atoms with Gasteiger partial charge >= 0.3 is 5.97 Å². The number of nitrogens with one attached hydrogen (secondary N) is 1. The zero-order valence-corrected chi connectivity index (χ0v) is 22.0. The van der Waals surface area contributed by atoms with Crippen molar-refractivity contribution in [3.05, 3.63) is 24.4 Å². The molecular weight excluding hydrogens is 502 g/mol. The van der Waals surface area contributed by atoms with E-state index in [4.69, 9.17) is 5.73 Å². The fraction of sp³-hybridized carbons (Fsp3) is 0.625. The number of likely N-dealkylation sites (tertiary alicyclic amines) is 2. The monoisotopic (exact) mass is 537 g/mol. The zero-order valence-electron chi connectivity index (χ0n) is 20.3. The summed E-state index contributed by atoms with van der Waals surface area (Å²) in [5.41, 5.74) is 5.48. The molecule has 1 aromatic rings. The minimum absolute atomic E-state index is 0.0639. The first-order valence-electron chi connectivity index (χ1n) is 12.5. The minimum atomic E-state index is -1.09. The normalized spacial score (nSPS) is 20.4. The van der Waals surface area contributed by atoms with E-state index in [0.717, 1.165) is 11.4 Å². The number of pyridine rings is 1. The lowest BCUT2D eigenvalue weighted by Crippen LogP contribution is -2.54. The molecule has 12 heteroatoms. The lowest BCUT2D eigenvalue weighted by molar-refractivity contribution is -0.147. The van der Waals surface area contributed by atoms with Crippen LogP contribution in [-0.2, 0) is 19.2 Å². The van der Waals surface area contributed by atoms with Crippen molar-refractivity contribution in [3.63, 3.8) is 0 Å². The molecule has 2 saturated heterocycles. The van der Waals surface area contributed by atoms with Gasteiger partial charge in [0, 0.05) is 31.5 Å². The van der Waals surface area contributed by atoms with Crippen LogP contribution in [-0.4, -0.2) is 87.1 Å². The number of carbonyl (C=O) groups is 4. The molecule has 2 fully saturated rings. The van der Waals surface area contributed by atoms with Gasteiger partial charge in [-0.2, -0.15) is 0 Å². The van der Waals surface area contributed by atoms with E-state index in [1.165, 1.54) is 15.7 Å². The summed E-state index contributed by atoms with van der Waals surface area (Å²) in [7, 11) is 3.07. The SMILES string of the molecule is NCCCCC(NC(=O)C1CCCN1C(=O)C1CCCN1C(=O)CCSSc1ccccn1)C(=O)O. The van der Waals surface area contributed by atoms with Gasteiger partial charge in [0.25, 0.3) is 0 Å². The van der Waals surface area contributed by atoms with Crippen LogP contribution in [0.1, 0.15) is 51.4 Å². The molecule has 2 aliphatic heterocycles. The summed E-state index contributed by atoms with van der Waals surface area (Å²) < 4.78 is 0. The van der Waals surface area contributed by atoms with Crippen LogP contribution in [0, 0.1) is 0 Å². The Kier molecular flexibility index (Phi) is 11.3. The van der Waals surface area contributed by atoms with E-state index < -0.39 is 30.0 Å². The molecule has 0 aromatic carbocycles. The molecule has 0 aliphatic carbocycles. The molecule has 3 atom stereocenters. The van der Waals surface area contributed by atoms with E-state index in [-0.39, 0.29) is 11.8 Å². The summed E-state index contributed by atoms with van der Waals surface area (Å²) in [4.78, 5) is 58.3. The van der Waals surface area contributed by atoms with Crippen molar-refractivity contribution in [1.82, 2.24) is 20.1 Å². The predicted octanol–water partition coefficient (Wildman–Crippen LogP) is 1.89. The number of hydrogen-bond donors (Lipinski definition) is 3. The van der Waals surface area contributed by atoms with E-state index in [2.05, 4.69) is 10.3 Å². The van der Waals surface area contributed by atoms with Crippen molar-refractivity contribution in [2.75, 3.05) is 25.4 Å². The number of nitrogens with two attached hydrogens (primary N) is 1. The summed E-state index contributed by atoms with van der Waals surface area (Å²) in [6.45, 7) is 1.42. The van der Waals surface area contributed by atoms with Gasteiger partial charge in [-0.3, -0.25) is 14.4 Å². The second-order valence-electron chi connectivity index (χ2n) is 8.94. The van der Waals surface area contributed by atoms with E-state index in [0.29, 0.717) is 70.3 Å². The third-order valence-electron chi connectivity index (χ3n) is 6.44. The first-order valence-corrected chi connectivity index (χ1v) is 14.8. The molecule has 3 amide bonds. The Morgan fingerprint density at radius 3 is 2.56 bits per heavy atom. The maximum atomic E-state index is 13.4. The zero-order chi connectivity index (χ0) is 25.9. The number of unbranched alkanes of at least 4 members (excludes halogenated alkanes) is 1. The molecule has 0 bridgehead atoms. The topological polar surface area (TPSA) is 146 Å². The third-order valence-corrected chi connectivity index (χ3v) is 8.71. The molecule has 3 unspecified atom stereocenters. The minimum Gasteiger partial charge on any atom is -0.480 e. The highest BCUT2D eigenvalue weighted by molar-refractivity contribution is 8.76. The molecule has 3 heterocycles. The number of carboxylic acids is 1. The lowest BCUT2D eigenvalue weighted by atomic mass is 10.1. The third kappa shape index (κ3) is 7.84. The Balaban J connectivity index is 1.53. The molecule has 3 rings (SSSR count). The van der Waals surface area contributed by atoms with Gasteiger partial charge in [0.05, 0.1) is 0 Å². The van der Waals surface area contributed by atoms with Gasteiger partial charge < -0.3 is 26.0 Å². The van der Waals surface area contributed by atoms with Crippen molar-refractivity contribution >= 4 is 45.3 Å². The fourth-order valence-corrected chi connectivity index (χ4v) is 6.46. The predicted molar refractivity (Wildman–Crippen MR) is 139 cm³/mol. The first kappa shape index (κ1) is 28.3. The second kappa shape index (κ2) is 14.4. The number of amides is 3. The number of aliphatic carboxylic acids is 1. The Labute approximate surface area is 219 Å². The molecule has 36 heavy (non-hydrogen) atoms. The van der Waals surface area contributed by atoms with Crippen LogP contribution in [0.3, 0.4) is 0 Å². The summed E-state index contributed by atoms with van der Waals surface area (Å²) in [6.07, 6.45) is 6.07. The number of carbonyl (C=O) groups excluding carboxylic acids is 3. The Hall–Kier alpha value is -2.31. The van der Waals surface area contributed by atoms with Gasteiger partial charge in [-0.25, -0.2) is 9.78 Å². The number of hydrogen-bond acceptors (Lipinski definition) is 8. The number of carboxylic acid groups (broad SMARTS) is 1. The van der Waals surface area contributed by atoms with Crippen molar-refractivity contribution in [2.45, 2.75) is 74.5 Å². The van der Waals surface area contributed by atoms with Crippen LogP contribution in [0.4, 0.5) is 0 Å². The van der Waals surface area contributed by atoms with Crippen LogP contribution < -0.4 is 11.1 Å². The van der Waals surface area contributed by atoms with Crippen LogP contribution >= 0.6 is 21.6 Å². The number of nitrogens with zero attached hydrogens (tertiary/aromatic N) is 3. The molecule has 1 aromatic heterocycles. The van der Waals surface area contributed by atoms with Crippen molar-refractivity contribution < 1.29 is 24.3 Å².